The van der Waals surface area contributed by atoms with Gasteiger partial charge in [-0.2, -0.15) is 8.42 Å². The molecule has 0 aliphatic rings. The van der Waals surface area contributed by atoms with Gasteiger partial charge in [-0.25, -0.2) is 0 Å². The zero-order chi connectivity index (χ0) is 19.0. The quantitative estimate of drug-likeness (QED) is 0.461. The van der Waals surface area contributed by atoms with Gasteiger partial charge in [0.15, 0.2) is 0 Å². The number of benzene rings is 2. The summed E-state index contributed by atoms with van der Waals surface area (Å²) < 4.78 is 39.5. The second-order valence-electron chi connectivity index (χ2n) is 7.59. The average molecular weight is 380 g/mol. The van der Waals surface area contributed by atoms with Crippen molar-refractivity contribution in [2.75, 3.05) is 5.73 Å². The van der Waals surface area contributed by atoms with Crippen LogP contribution in [0.1, 0.15) is 20.8 Å². The van der Waals surface area contributed by atoms with Crippen LogP contribution >= 0.6 is 0 Å². The molecule has 0 bridgehead atoms. The molecule has 0 fully saturated rings. The van der Waals surface area contributed by atoms with E-state index < -0.39 is 18.4 Å². The number of nitrogens with two attached hydrogens (primary N) is 1. The summed E-state index contributed by atoms with van der Waals surface area (Å²) in [7, 11) is -6.52. The molecule has 2 rings (SSSR count). The molecule has 0 radical (unpaired) electrons. The number of hydrogen-bond donors (Lipinski definition) is 2. The van der Waals surface area contributed by atoms with Crippen LogP contribution in [0.4, 0.5) is 5.69 Å². The molecule has 0 aliphatic heterocycles. The van der Waals surface area contributed by atoms with Gasteiger partial charge in [-0.3, -0.25) is 4.55 Å². The molecular formula is C18H25NO4SSi. The second-order valence-corrected chi connectivity index (χ2v) is 13.7. The van der Waals surface area contributed by atoms with E-state index in [9.17, 15) is 13.0 Å². The predicted octanol–water partition coefficient (Wildman–Crippen LogP) is 4.57. The third-order valence-electron chi connectivity index (χ3n) is 4.63. The Balaban J connectivity index is 2.66. The van der Waals surface area contributed by atoms with Crippen LogP contribution in [0.25, 0.3) is 11.1 Å². The lowest BCUT2D eigenvalue weighted by molar-refractivity contribution is 0.483. The van der Waals surface area contributed by atoms with Crippen LogP contribution in [0.3, 0.4) is 0 Å². The van der Waals surface area contributed by atoms with Crippen molar-refractivity contribution >= 4 is 24.1 Å². The number of nitrogen functional groups attached to an aromatic ring is 1. The molecule has 5 nitrogen and oxygen atoms in total. The molecule has 2 aromatic carbocycles. The highest BCUT2D eigenvalue weighted by atomic mass is 32.2. The minimum absolute atomic E-state index is 0.0122. The van der Waals surface area contributed by atoms with E-state index in [1.165, 1.54) is 18.2 Å². The van der Waals surface area contributed by atoms with Gasteiger partial charge in [0.25, 0.3) is 18.4 Å². The van der Waals surface area contributed by atoms with E-state index in [0.717, 1.165) is 0 Å². The van der Waals surface area contributed by atoms with Gasteiger partial charge in [0.1, 0.15) is 10.6 Å². The first-order valence-corrected chi connectivity index (χ1v) is 12.3. The Morgan fingerprint density at radius 2 is 1.64 bits per heavy atom. The zero-order valence-electron chi connectivity index (χ0n) is 15.2. The Kier molecular flexibility index (Phi) is 5.05. The summed E-state index contributed by atoms with van der Waals surface area (Å²) >= 11 is 0. The van der Waals surface area contributed by atoms with Crippen LogP contribution in [0, 0.1) is 0 Å². The van der Waals surface area contributed by atoms with E-state index in [1.54, 1.807) is 12.1 Å². The van der Waals surface area contributed by atoms with Crippen molar-refractivity contribution in [3.63, 3.8) is 0 Å². The number of para-hydroxylation sites is 1. The van der Waals surface area contributed by atoms with E-state index >= 15 is 0 Å². The molecule has 0 atom stereocenters. The monoisotopic (exact) mass is 379 g/mol. The van der Waals surface area contributed by atoms with Crippen molar-refractivity contribution in [2.45, 2.75) is 43.8 Å². The van der Waals surface area contributed by atoms with Crippen LogP contribution in [0.2, 0.25) is 18.1 Å². The first-order valence-electron chi connectivity index (χ1n) is 7.98. The molecule has 7 heteroatoms. The maximum absolute atomic E-state index is 11.8. The molecule has 0 aliphatic carbocycles. The lowest BCUT2D eigenvalue weighted by Crippen LogP contribution is -2.44. The van der Waals surface area contributed by atoms with Gasteiger partial charge < -0.3 is 10.2 Å². The third kappa shape index (κ3) is 4.23. The number of anilines is 1. The van der Waals surface area contributed by atoms with Gasteiger partial charge in [0.05, 0.1) is 0 Å². The molecule has 3 N–H and O–H groups in total. The summed E-state index contributed by atoms with van der Waals surface area (Å²) in [5.41, 5.74) is 7.17. The SMILES string of the molecule is CC(C)(C)[Si](C)(C)Oc1ccccc1-c1cc(N)ccc1S(=O)(=O)O. The van der Waals surface area contributed by atoms with E-state index in [2.05, 4.69) is 33.9 Å². The van der Waals surface area contributed by atoms with Gasteiger partial charge in [0, 0.05) is 16.8 Å². The Morgan fingerprint density at radius 3 is 2.20 bits per heavy atom. The Bertz CT molecular complexity index is 886. The Labute approximate surface area is 150 Å². The van der Waals surface area contributed by atoms with Gasteiger partial charge in [-0.1, -0.05) is 39.0 Å². The summed E-state index contributed by atoms with van der Waals surface area (Å²) in [4.78, 5) is -0.187. The minimum atomic E-state index is -4.39. The highest BCUT2D eigenvalue weighted by molar-refractivity contribution is 7.86. The molecule has 0 aromatic heterocycles. The standard InChI is InChI=1S/C18H25NO4SSi/c1-18(2,3)25(4,5)23-16-9-7-6-8-14(16)15-12-13(19)10-11-17(15)24(20,21)22/h6-12H,19H2,1-5H3,(H,20,21,22). The highest BCUT2D eigenvalue weighted by Crippen LogP contribution is 2.41. The lowest BCUT2D eigenvalue weighted by Gasteiger charge is -2.37. The van der Waals surface area contributed by atoms with Crippen molar-refractivity contribution in [1.82, 2.24) is 0 Å². The summed E-state index contributed by atoms with van der Waals surface area (Å²) in [6.07, 6.45) is 0. The second kappa shape index (κ2) is 6.47. The van der Waals surface area contributed by atoms with Crippen molar-refractivity contribution in [3.8, 4) is 16.9 Å². The summed E-state index contributed by atoms with van der Waals surface area (Å²) in [5, 5.41) is -0.0122. The van der Waals surface area contributed by atoms with E-state index in [1.807, 2.05) is 12.1 Å². The third-order valence-corrected chi connectivity index (χ3v) is 9.88. The molecule has 0 amide bonds. The largest absolute Gasteiger partial charge is 0.543 e. The molecule has 0 saturated carbocycles. The average Bonchev–Trinajstić information content (AvgIpc) is 2.44. The molecule has 136 valence electrons. The normalized spacial score (nSPS) is 12.9. The van der Waals surface area contributed by atoms with Crippen LogP contribution in [0.5, 0.6) is 5.75 Å². The van der Waals surface area contributed by atoms with Crippen LogP contribution in [-0.2, 0) is 10.1 Å². The topological polar surface area (TPSA) is 89.6 Å². The van der Waals surface area contributed by atoms with Crippen molar-refractivity contribution in [1.29, 1.82) is 0 Å². The van der Waals surface area contributed by atoms with Crippen LogP contribution in [0.15, 0.2) is 47.4 Å². The molecule has 0 heterocycles. The first-order chi connectivity index (χ1) is 11.3. The fourth-order valence-corrected chi connectivity index (χ4v) is 3.91. The van der Waals surface area contributed by atoms with E-state index in [4.69, 9.17) is 10.2 Å². The molecule has 0 unspecified atom stereocenters. The zero-order valence-corrected chi connectivity index (χ0v) is 17.0. The highest BCUT2D eigenvalue weighted by Gasteiger charge is 2.39. The van der Waals surface area contributed by atoms with Gasteiger partial charge in [0.2, 0.25) is 0 Å². The minimum Gasteiger partial charge on any atom is -0.543 e. The molecule has 0 saturated heterocycles. The van der Waals surface area contributed by atoms with Crippen molar-refractivity contribution in [3.05, 3.63) is 42.5 Å². The Hall–Kier alpha value is -1.83. The first kappa shape index (κ1) is 19.5. The lowest BCUT2D eigenvalue weighted by atomic mass is 10.0. The fourth-order valence-electron chi connectivity index (χ4n) is 2.19. The Morgan fingerprint density at radius 1 is 1.04 bits per heavy atom. The van der Waals surface area contributed by atoms with Gasteiger partial charge in [-0.05, 0) is 42.4 Å². The molecule has 2 aromatic rings. The maximum Gasteiger partial charge on any atom is 0.295 e. The van der Waals surface area contributed by atoms with E-state index in [0.29, 0.717) is 22.6 Å². The molecular weight excluding hydrogens is 354 g/mol. The number of hydrogen-bond acceptors (Lipinski definition) is 4. The summed E-state index contributed by atoms with van der Waals surface area (Å²) in [5.74, 6) is 0.588. The van der Waals surface area contributed by atoms with Gasteiger partial charge >= 0.3 is 0 Å². The maximum atomic E-state index is 11.8. The number of rotatable bonds is 4. The summed E-state index contributed by atoms with van der Waals surface area (Å²) in [6, 6.07) is 11.5. The fraction of sp³-hybridized carbons (Fsp3) is 0.333. The van der Waals surface area contributed by atoms with Crippen LogP contribution in [-0.4, -0.2) is 21.3 Å². The smallest absolute Gasteiger partial charge is 0.295 e. The van der Waals surface area contributed by atoms with Gasteiger partial charge in [-0.15, -0.1) is 0 Å². The summed E-state index contributed by atoms with van der Waals surface area (Å²) in [6.45, 7) is 10.6. The molecule has 0 spiro atoms. The van der Waals surface area contributed by atoms with Crippen LogP contribution < -0.4 is 10.2 Å². The molecule has 25 heavy (non-hydrogen) atoms. The van der Waals surface area contributed by atoms with Crippen molar-refractivity contribution in [2.24, 2.45) is 0 Å². The predicted molar refractivity (Wildman–Crippen MR) is 104 cm³/mol. The van der Waals surface area contributed by atoms with Crippen molar-refractivity contribution < 1.29 is 17.4 Å². The van der Waals surface area contributed by atoms with E-state index in [-0.39, 0.29) is 9.93 Å².